The van der Waals surface area contributed by atoms with Gasteiger partial charge in [0.25, 0.3) is 0 Å². The van der Waals surface area contributed by atoms with Gasteiger partial charge in [-0.25, -0.2) is 0 Å². The molecule has 23 heavy (non-hydrogen) atoms. The molecule has 2 amide bonds. The van der Waals surface area contributed by atoms with Gasteiger partial charge in [0.15, 0.2) is 0 Å². The molecule has 0 saturated heterocycles. The Morgan fingerprint density at radius 2 is 1.78 bits per heavy atom. The number of anilines is 3. The predicted molar refractivity (Wildman–Crippen MR) is 96.7 cm³/mol. The van der Waals surface area contributed by atoms with Crippen LogP contribution in [-0.2, 0) is 9.59 Å². The summed E-state index contributed by atoms with van der Waals surface area (Å²) in [4.78, 5) is 23.1. The molecule has 5 nitrogen and oxygen atoms in total. The largest absolute Gasteiger partial charge is 0.376 e. The normalized spacial score (nSPS) is 10.0. The second kappa shape index (κ2) is 7.78. The minimum atomic E-state index is -0.139. The highest BCUT2D eigenvalue weighted by atomic mass is 79.9. The van der Waals surface area contributed by atoms with Crippen molar-refractivity contribution in [3.63, 3.8) is 0 Å². The fraction of sp³-hybridized carbons (Fsp3) is 0.176. The van der Waals surface area contributed by atoms with Crippen LogP contribution in [0.5, 0.6) is 0 Å². The summed E-state index contributed by atoms with van der Waals surface area (Å²) in [6.07, 6.45) is 0. The van der Waals surface area contributed by atoms with Crippen LogP contribution < -0.4 is 16.0 Å². The van der Waals surface area contributed by atoms with E-state index in [1.165, 1.54) is 6.92 Å². The smallest absolute Gasteiger partial charge is 0.243 e. The number of halogens is 1. The maximum Gasteiger partial charge on any atom is 0.243 e. The zero-order valence-electron chi connectivity index (χ0n) is 12.9. The lowest BCUT2D eigenvalue weighted by Gasteiger charge is -2.11. The van der Waals surface area contributed by atoms with Gasteiger partial charge >= 0.3 is 0 Å². The quantitative estimate of drug-likeness (QED) is 0.744. The lowest BCUT2D eigenvalue weighted by Crippen LogP contribution is -2.22. The monoisotopic (exact) mass is 375 g/mol. The topological polar surface area (TPSA) is 70.2 Å². The Labute approximate surface area is 143 Å². The van der Waals surface area contributed by atoms with Gasteiger partial charge in [-0.2, -0.15) is 0 Å². The summed E-state index contributed by atoms with van der Waals surface area (Å²) in [5, 5.41) is 8.60. The molecule has 0 heterocycles. The Hall–Kier alpha value is -2.34. The Kier molecular flexibility index (Phi) is 5.76. The number of hydrogen-bond donors (Lipinski definition) is 3. The first-order valence-electron chi connectivity index (χ1n) is 7.11. The van der Waals surface area contributed by atoms with Crippen molar-refractivity contribution in [2.75, 3.05) is 22.5 Å². The van der Waals surface area contributed by atoms with Crippen LogP contribution >= 0.6 is 15.9 Å². The molecule has 0 spiro atoms. The molecule has 0 aliphatic heterocycles. The molecule has 2 aromatic carbocycles. The van der Waals surface area contributed by atoms with Gasteiger partial charge in [-0.1, -0.05) is 22.0 Å². The van der Waals surface area contributed by atoms with Crippen LogP contribution in [0.3, 0.4) is 0 Å². The summed E-state index contributed by atoms with van der Waals surface area (Å²) in [6, 6.07) is 12.9. The molecular formula is C17H18BrN3O2. The maximum absolute atomic E-state index is 12.0. The molecule has 0 fully saturated rings. The van der Waals surface area contributed by atoms with E-state index in [-0.39, 0.29) is 18.4 Å². The van der Waals surface area contributed by atoms with Gasteiger partial charge in [0.1, 0.15) is 0 Å². The molecule has 0 bridgehead atoms. The van der Waals surface area contributed by atoms with Crippen molar-refractivity contribution in [1.82, 2.24) is 0 Å². The second-order valence-electron chi connectivity index (χ2n) is 5.12. The molecule has 0 atom stereocenters. The van der Waals surface area contributed by atoms with Gasteiger partial charge in [0.05, 0.1) is 6.54 Å². The van der Waals surface area contributed by atoms with Gasteiger partial charge < -0.3 is 16.0 Å². The van der Waals surface area contributed by atoms with Crippen molar-refractivity contribution in [3.05, 3.63) is 52.5 Å². The molecular weight excluding hydrogens is 358 g/mol. The number of amides is 2. The van der Waals surface area contributed by atoms with Crippen molar-refractivity contribution in [1.29, 1.82) is 0 Å². The average molecular weight is 376 g/mol. The number of carbonyl (C=O) groups excluding carboxylic acids is 2. The SMILES string of the molecule is CC(=O)Nc1cccc(NCC(=O)Nc2ccc(Br)cc2C)c1. The summed E-state index contributed by atoms with van der Waals surface area (Å²) < 4.78 is 0.973. The van der Waals surface area contributed by atoms with Crippen LogP contribution in [0.4, 0.5) is 17.1 Å². The van der Waals surface area contributed by atoms with E-state index in [1.54, 1.807) is 12.1 Å². The minimum Gasteiger partial charge on any atom is -0.376 e. The van der Waals surface area contributed by atoms with E-state index < -0.39 is 0 Å². The first-order valence-corrected chi connectivity index (χ1v) is 7.91. The standard InChI is InChI=1S/C17H18BrN3O2/c1-11-8-13(18)6-7-16(11)21-17(23)10-19-14-4-3-5-15(9-14)20-12(2)22/h3-9,19H,10H2,1-2H3,(H,20,22)(H,21,23). The second-order valence-corrected chi connectivity index (χ2v) is 6.04. The first-order chi connectivity index (χ1) is 10.9. The molecule has 120 valence electrons. The summed E-state index contributed by atoms with van der Waals surface area (Å²) >= 11 is 3.39. The van der Waals surface area contributed by atoms with Crippen LogP contribution in [0, 0.1) is 6.92 Å². The zero-order chi connectivity index (χ0) is 16.8. The summed E-state index contributed by atoms with van der Waals surface area (Å²) in [5.41, 5.74) is 3.22. The number of hydrogen-bond acceptors (Lipinski definition) is 3. The number of carbonyl (C=O) groups is 2. The lowest BCUT2D eigenvalue weighted by atomic mass is 10.2. The number of rotatable bonds is 5. The van der Waals surface area contributed by atoms with E-state index in [0.29, 0.717) is 5.69 Å². The van der Waals surface area contributed by atoms with Crippen LogP contribution in [-0.4, -0.2) is 18.4 Å². The highest BCUT2D eigenvalue weighted by Crippen LogP contribution is 2.20. The minimum absolute atomic E-state index is 0.134. The van der Waals surface area contributed by atoms with Gasteiger partial charge in [0.2, 0.25) is 11.8 Å². The van der Waals surface area contributed by atoms with Gasteiger partial charge in [-0.3, -0.25) is 9.59 Å². The molecule has 0 aliphatic carbocycles. The predicted octanol–water partition coefficient (Wildman–Crippen LogP) is 3.77. The Bertz CT molecular complexity index is 732. The molecule has 3 N–H and O–H groups in total. The molecule has 2 rings (SSSR count). The van der Waals surface area contributed by atoms with Crippen LogP contribution in [0.1, 0.15) is 12.5 Å². The molecule has 0 aliphatic rings. The summed E-state index contributed by atoms with van der Waals surface area (Å²) in [6.45, 7) is 3.53. The Morgan fingerprint density at radius 3 is 2.48 bits per heavy atom. The third-order valence-electron chi connectivity index (χ3n) is 3.10. The fourth-order valence-electron chi connectivity index (χ4n) is 2.05. The van der Waals surface area contributed by atoms with Crippen molar-refractivity contribution in [3.8, 4) is 0 Å². The molecule has 2 aromatic rings. The molecule has 0 aromatic heterocycles. The van der Waals surface area contributed by atoms with Crippen LogP contribution in [0.15, 0.2) is 46.9 Å². The summed E-state index contributed by atoms with van der Waals surface area (Å²) in [5.74, 6) is -0.272. The molecule has 6 heteroatoms. The number of nitrogens with one attached hydrogen (secondary N) is 3. The van der Waals surface area contributed by atoms with Crippen LogP contribution in [0.25, 0.3) is 0 Å². The van der Waals surface area contributed by atoms with Crippen molar-refractivity contribution in [2.45, 2.75) is 13.8 Å². The highest BCUT2D eigenvalue weighted by molar-refractivity contribution is 9.10. The van der Waals surface area contributed by atoms with E-state index in [9.17, 15) is 9.59 Å². The Balaban J connectivity index is 1.92. The van der Waals surface area contributed by atoms with E-state index >= 15 is 0 Å². The Morgan fingerprint density at radius 1 is 1.04 bits per heavy atom. The van der Waals surface area contributed by atoms with E-state index in [1.807, 2.05) is 37.3 Å². The lowest BCUT2D eigenvalue weighted by molar-refractivity contribution is -0.115. The highest BCUT2D eigenvalue weighted by Gasteiger charge is 2.05. The fourth-order valence-corrected chi connectivity index (χ4v) is 2.53. The zero-order valence-corrected chi connectivity index (χ0v) is 14.5. The van der Waals surface area contributed by atoms with Crippen LogP contribution in [0.2, 0.25) is 0 Å². The number of aryl methyl sites for hydroxylation is 1. The number of benzene rings is 2. The third kappa shape index (κ3) is 5.41. The van der Waals surface area contributed by atoms with Gasteiger partial charge in [0, 0.05) is 28.5 Å². The van der Waals surface area contributed by atoms with E-state index in [0.717, 1.165) is 21.4 Å². The molecule has 0 unspecified atom stereocenters. The average Bonchev–Trinajstić information content (AvgIpc) is 2.48. The molecule has 0 saturated carbocycles. The van der Waals surface area contributed by atoms with Crippen molar-refractivity contribution in [2.24, 2.45) is 0 Å². The van der Waals surface area contributed by atoms with Crippen molar-refractivity contribution >= 4 is 44.8 Å². The molecule has 0 radical (unpaired) electrons. The summed E-state index contributed by atoms with van der Waals surface area (Å²) in [7, 11) is 0. The van der Waals surface area contributed by atoms with E-state index in [2.05, 4.69) is 31.9 Å². The third-order valence-corrected chi connectivity index (χ3v) is 3.59. The van der Waals surface area contributed by atoms with Crippen molar-refractivity contribution < 1.29 is 9.59 Å². The van der Waals surface area contributed by atoms with E-state index in [4.69, 9.17) is 0 Å². The van der Waals surface area contributed by atoms with Gasteiger partial charge in [-0.15, -0.1) is 0 Å². The first kappa shape index (κ1) is 17.0. The van der Waals surface area contributed by atoms with Gasteiger partial charge in [-0.05, 0) is 48.9 Å². The maximum atomic E-state index is 12.0.